The molecule has 0 aromatic heterocycles. The van der Waals surface area contributed by atoms with Crippen molar-refractivity contribution in [3.8, 4) is 0 Å². The molecule has 0 N–H and O–H groups in total. The summed E-state index contributed by atoms with van der Waals surface area (Å²) >= 11 is 0. The van der Waals surface area contributed by atoms with E-state index in [0.717, 1.165) is 6.08 Å². The molecule has 1 atom stereocenters. The second-order valence-electron chi connectivity index (χ2n) is 3.43. The molecule has 0 aromatic rings. The highest BCUT2D eigenvalue weighted by Crippen LogP contribution is 2.29. The Morgan fingerprint density at radius 3 is 2.68 bits per heavy atom. The Morgan fingerprint density at radius 1 is 1.53 bits per heavy atom. The number of ether oxygens (including phenoxy) is 2. The molecule has 0 radical (unpaired) electrons. The monoisotopic (exact) mass is 304 g/mol. The van der Waals surface area contributed by atoms with Crippen molar-refractivity contribution in [3.05, 3.63) is 11.8 Å². The van der Waals surface area contributed by atoms with Crippen LogP contribution < -0.4 is 0 Å². The number of hydrogen-bond donors (Lipinski definition) is 0. The van der Waals surface area contributed by atoms with E-state index in [1.54, 1.807) is 6.92 Å². The van der Waals surface area contributed by atoms with Crippen LogP contribution in [-0.2, 0) is 28.6 Å². The summed E-state index contributed by atoms with van der Waals surface area (Å²) < 4.78 is 71.3. The summed E-state index contributed by atoms with van der Waals surface area (Å²) in [7, 11) is -5.73. The van der Waals surface area contributed by atoms with Gasteiger partial charge in [-0.05, 0) is 13.0 Å². The average Bonchev–Trinajstić information content (AvgIpc) is 2.27. The van der Waals surface area contributed by atoms with Gasteiger partial charge < -0.3 is 13.7 Å². The van der Waals surface area contributed by atoms with Crippen molar-refractivity contribution in [2.45, 2.75) is 25.0 Å². The molecule has 1 unspecified atom stereocenters. The van der Waals surface area contributed by atoms with E-state index < -0.39 is 39.9 Å². The third-order valence-electron chi connectivity index (χ3n) is 2.04. The molecular weight excluding hydrogens is 293 g/mol. The van der Waals surface area contributed by atoms with Crippen LogP contribution in [0, 0.1) is 0 Å². The molecule has 0 spiro atoms. The number of alkyl halides is 3. The summed E-state index contributed by atoms with van der Waals surface area (Å²) in [6.07, 6.45) is -0.601. The lowest BCUT2D eigenvalue weighted by Gasteiger charge is -2.21. The first-order chi connectivity index (χ1) is 8.67. The van der Waals surface area contributed by atoms with Gasteiger partial charge in [0.2, 0.25) is 0 Å². The molecule has 1 aliphatic heterocycles. The van der Waals surface area contributed by atoms with E-state index in [1.165, 1.54) is 0 Å². The van der Waals surface area contributed by atoms with Crippen LogP contribution in [0.15, 0.2) is 11.8 Å². The first kappa shape index (κ1) is 15.8. The van der Waals surface area contributed by atoms with Crippen LogP contribution in [0.3, 0.4) is 0 Å². The van der Waals surface area contributed by atoms with E-state index in [9.17, 15) is 26.4 Å². The maximum atomic E-state index is 12.1. The number of hydrogen-bond acceptors (Lipinski definition) is 6. The summed E-state index contributed by atoms with van der Waals surface area (Å²) in [5.74, 6) is -1.29. The first-order valence-electron chi connectivity index (χ1n) is 5.15. The van der Waals surface area contributed by atoms with Gasteiger partial charge in [0.1, 0.15) is 5.76 Å². The van der Waals surface area contributed by atoms with Crippen molar-refractivity contribution in [2.75, 3.05) is 13.2 Å². The van der Waals surface area contributed by atoms with Gasteiger partial charge in [-0.15, -0.1) is 0 Å². The molecule has 0 saturated heterocycles. The van der Waals surface area contributed by atoms with E-state index in [1.807, 2.05) is 0 Å². The Labute approximate surface area is 107 Å². The van der Waals surface area contributed by atoms with Crippen molar-refractivity contribution >= 4 is 16.1 Å². The lowest BCUT2D eigenvalue weighted by atomic mass is 10.2. The fourth-order valence-corrected chi connectivity index (χ4v) is 1.74. The first-order valence-corrected chi connectivity index (χ1v) is 6.56. The van der Waals surface area contributed by atoms with Gasteiger partial charge >= 0.3 is 21.6 Å². The number of halogens is 3. The Kier molecular flexibility index (Phi) is 4.80. The van der Waals surface area contributed by atoms with Crippen LogP contribution in [0.4, 0.5) is 13.2 Å². The molecule has 0 saturated carbocycles. The maximum Gasteiger partial charge on any atom is 0.534 e. The van der Waals surface area contributed by atoms with Gasteiger partial charge in [0, 0.05) is 6.42 Å². The molecule has 0 aliphatic carbocycles. The van der Waals surface area contributed by atoms with E-state index in [4.69, 9.17) is 4.74 Å². The third-order valence-corrected chi connectivity index (χ3v) is 3.05. The Morgan fingerprint density at radius 2 is 2.16 bits per heavy atom. The fraction of sp³-hybridized carbons (Fsp3) is 0.667. The topological polar surface area (TPSA) is 78.9 Å². The van der Waals surface area contributed by atoms with Gasteiger partial charge in [0.15, 0.2) is 6.10 Å². The van der Waals surface area contributed by atoms with Crippen LogP contribution in [0.2, 0.25) is 0 Å². The minimum atomic E-state index is -5.73. The minimum absolute atomic E-state index is 0.0689. The van der Waals surface area contributed by atoms with Crippen molar-refractivity contribution in [3.63, 3.8) is 0 Å². The number of esters is 1. The lowest BCUT2D eigenvalue weighted by Crippen LogP contribution is -2.32. The van der Waals surface area contributed by atoms with Gasteiger partial charge in [-0.1, -0.05) is 0 Å². The molecule has 6 nitrogen and oxygen atoms in total. The van der Waals surface area contributed by atoms with E-state index >= 15 is 0 Å². The van der Waals surface area contributed by atoms with Gasteiger partial charge in [-0.3, -0.25) is 0 Å². The molecule has 10 heteroatoms. The molecule has 1 aliphatic rings. The Bertz CT molecular complexity index is 467. The van der Waals surface area contributed by atoms with E-state index in [-0.39, 0.29) is 13.2 Å². The fourth-order valence-electron chi connectivity index (χ4n) is 1.22. The van der Waals surface area contributed by atoms with Gasteiger partial charge in [0.05, 0.1) is 13.2 Å². The summed E-state index contributed by atoms with van der Waals surface area (Å²) in [4.78, 5) is 11.3. The van der Waals surface area contributed by atoms with Crippen molar-refractivity contribution in [1.29, 1.82) is 0 Å². The molecule has 0 amide bonds. The summed E-state index contributed by atoms with van der Waals surface area (Å²) in [6.45, 7) is 1.37. The molecule has 1 heterocycles. The van der Waals surface area contributed by atoms with Crippen LogP contribution in [-0.4, -0.2) is 39.2 Å². The van der Waals surface area contributed by atoms with Crippen LogP contribution in [0.1, 0.15) is 13.3 Å². The Hall–Kier alpha value is -1.29. The van der Waals surface area contributed by atoms with Crippen LogP contribution in [0.25, 0.3) is 0 Å². The quantitative estimate of drug-likeness (QED) is 0.439. The number of rotatable bonds is 4. The highest BCUT2D eigenvalue weighted by molar-refractivity contribution is 7.87. The standard InChI is InChI=1S/C9H11F3O6S/c1-2-16-8(13)7-5-6(3-4-17-7)18-19(14,15)9(10,11)12/h3,7H,2,4-5H2,1H3. The average molecular weight is 304 g/mol. The largest absolute Gasteiger partial charge is 0.534 e. The predicted octanol–water partition coefficient (Wildman–Crippen LogP) is 1.09. The van der Waals surface area contributed by atoms with Gasteiger partial charge in [-0.2, -0.15) is 21.6 Å². The predicted molar refractivity (Wildman–Crippen MR) is 55.1 cm³/mol. The van der Waals surface area contributed by atoms with Crippen LogP contribution in [0.5, 0.6) is 0 Å². The molecule has 19 heavy (non-hydrogen) atoms. The minimum Gasteiger partial charge on any atom is -0.464 e. The van der Waals surface area contributed by atoms with E-state index in [0.29, 0.717) is 0 Å². The van der Waals surface area contributed by atoms with Crippen LogP contribution >= 0.6 is 0 Å². The van der Waals surface area contributed by atoms with Crippen molar-refractivity contribution in [2.24, 2.45) is 0 Å². The molecule has 1 rings (SSSR count). The zero-order chi connectivity index (χ0) is 14.7. The normalized spacial score (nSPS) is 20.6. The van der Waals surface area contributed by atoms with Crippen molar-refractivity contribution in [1.82, 2.24) is 0 Å². The maximum absolute atomic E-state index is 12.1. The highest BCUT2D eigenvalue weighted by Gasteiger charge is 2.49. The number of carbonyl (C=O) groups is 1. The second-order valence-corrected chi connectivity index (χ2v) is 4.97. The molecular formula is C9H11F3O6S. The summed E-state index contributed by atoms with van der Waals surface area (Å²) in [6, 6.07) is 0. The summed E-state index contributed by atoms with van der Waals surface area (Å²) in [5, 5.41) is 0. The Balaban J connectivity index is 2.72. The number of carbonyl (C=O) groups excluding carboxylic acids is 1. The SMILES string of the molecule is CCOC(=O)C1CC(OS(=O)(=O)C(F)(F)F)=CCO1. The van der Waals surface area contributed by atoms with Gasteiger partial charge in [0.25, 0.3) is 0 Å². The highest BCUT2D eigenvalue weighted by atomic mass is 32.2. The third kappa shape index (κ3) is 4.10. The molecule has 0 fully saturated rings. The van der Waals surface area contributed by atoms with E-state index in [2.05, 4.69) is 8.92 Å². The second kappa shape index (κ2) is 5.78. The van der Waals surface area contributed by atoms with Crippen molar-refractivity contribution < 1.29 is 40.0 Å². The zero-order valence-corrected chi connectivity index (χ0v) is 10.6. The lowest BCUT2D eigenvalue weighted by molar-refractivity contribution is -0.157. The van der Waals surface area contributed by atoms with Gasteiger partial charge in [-0.25, -0.2) is 4.79 Å². The smallest absolute Gasteiger partial charge is 0.464 e. The molecule has 0 bridgehead atoms. The molecule has 110 valence electrons. The molecule has 0 aromatic carbocycles. The summed E-state index contributed by atoms with van der Waals surface area (Å²) in [5.41, 5.74) is -5.52. The zero-order valence-electron chi connectivity index (χ0n) is 9.77.